The van der Waals surface area contributed by atoms with Gasteiger partial charge in [-0.05, 0) is 12.0 Å². The van der Waals surface area contributed by atoms with Gasteiger partial charge in [0.25, 0.3) is 0 Å². The number of ether oxygens (including phenoxy) is 1. The summed E-state index contributed by atoms with van der Waals surface area (Å²) >= 11 is 0. The van der Waals surface area contributed by atoms with Gasteiger partial charge in [0.1, 0.15) is 6.23 Å². The molecule has 1 unspecified atom stereocenters. The summed E-state index contributed by atoms with van der Waals surface area (Å²) in [6, 6.07) is 0. The van der Waals surface area contributed by atoms with Crippen molar-refractivity contribution in [2.75, 3.05) is 6.61 Å². The van der Waals surface area contributed by atoms with Crippen LogP contribution in [-0.4, -0.2) is 12.8 Å². The van der Waals surface area contributed by atoms with Gasteiger partial charge in [-0.1, -0.05) is 18.1 Å². The van der Waals surface area contributed by atoms with Crippen molar-refractivity contribution in [1.29, 1.82) is 0 Å². The van der Waals surface area contributed by atoms with Crippen LogP contribution in [-0.2, 0) is 4.74 Å². The molecule has 1 atom stereocenters. The van der Waals surface area contributed by atoms with Crippen LogP contribution in [0.15, 0.2) is 17.8 Å². The van der Waals surface area contributed by atoms with E-state index in [1.807, 2.05) is 6.92 Å². The van der Waals surface area contributed by atoms with E-state index < -0.39 is 0 Å². The highest BCUT2D eigenvalue weighted by atomic mass is 16.5. The molecule has 0 aromatic rings. The fraction of sp³-hybridized carbons (Fsp3) is 0.667. The highest BCUT2D eigenvalue weighted by molar-refractivity contribution is 4.65. The second-order valence-corrected chi connectivity index (χ2v) is 1.69. The van der Waals surface area contributed by atoms with Crippen LogP contribution in [0.3, 0.4) is 0 Å². The Morgan fingerprint density at radius 2 is 2.60 bits per heavy atom. The van der Waals surface area contributed by atoms with Gasteiger partial charge in [-0.3, -0.25) is 0 Å². The van der Waals surface area contributed by atoms with Crippen molar-refractivity contribution in [2.24, 2.45) is 5.11 Å². The Bertz CT molecular complexity index is 140. The Hall–Kier alpha value is -0.990. The lowest BCUT2D eigenvalue weighted by Crippen LogP contribution is -2.06. The monoisotopic (exact) mass is 141 g/mol. The summed E-state index contributed by atoms with van der Waals surface area (Å²) in [4.78, 5) is 2.63. The van der Waals surface area contributed by atoms with Crippen molar-refractivity contribution in [3.05, 3.63) is 23.1 Å². The molecule has 4 nitrogen and oxygen atoms in total. The van der Waals surface area contributed by atoms with E-state index in [0.29, 0.717) is 13.0 Å². The maximum atomic E-state index is 8.02. The molecule has 10 heavy (non-hydrogen) atoms. The van der Waals surface area contributed by atoms with Crippen LogP contribution < -0.4 is 0 Å². The average molecular weight is 141 g/mol. The van der Waals surface area contributed by atoms with E-state index in [4.69, 9.17) is 10.3 Å². The van der Waals surface area contributed by atoms with Gasteiger partial charge in [-0.15, -0.1) is 6.58 Å². The van der Waals surface area contributed by atoms with Crippen LogP contribution in [0.1, 0.15) is 13.3 Å². The fourth-order valence-corrected chi connectivity index (χ4v) is 0.470. The molecule has 0 spiro atoms. The average Bonchev–Trinajstić information content (AvgIpc) is 1.98. The van der Waals surface area contributed by atoms with Crippen LogP contribution in [0.4, 0.5) is 0 Å². The Labute approximate surface area is 60.1 Å². The smallest absolute Gasteiger partial charge is 0.136 e. The first-order valence-corrected chi connectivity index (χ1v) is 3.11. The van der Waals surface area contributed by atoms with Crippen LogP contribution in [0.5, 0.6) is 0 Å². The van der Waals surface area contributed by atoms with Crippen molar-refractivity contribution in [3.8, 4) is 0 Å². The molecule has 0 saturated carbocycles. The first-order valence-electron chi connectivity index (χ1n) is 3.11. The van der Waals surface area contributed by atoms with Gasteiger partial charge in [0.2, 0.25) is 0 Å². The summed E-state index contributed by atoms with van der Waals surface area (Å²) in [5.41, 5.74) is 8.02. The lowest BCUT2D eigenvalue weighted by atomic mass is 10.4. The van der Waals surface area contributed by atoms with Crippen LogP contribution >= 0.6 is 0 Å². The molecule has 0 radical (unpaired) electrons. The third-order valence-corrected chi connectivity index (χ3v) is 0.936. The standard InChI is InChI=1S/C6H11N3O/c1-3-5-10-6(4-2)8-9-7/h3,6H,1,4-5H2,2H3. The van der Waals surface area contributed by atoms with Gasteiger partial charge in [0.15, 0.2) is 0 Å². The molecule has 0 heterocycles. The van der Waals surface area contributed by atoms with E-state index in [0.717, 1.165) is 0 Å². The summed E-state index contributed by atoms with van der Waals surface area (Å²) in [6.45, 7) is 5.79. The third kappa shape index (κ3) is 3.95. The van der Waals surface area contributed by atoms with Crippen LogP contribution in [0.25, 0.3) is 10.4 Å². The van der Waals surface area contributed by atoms with Gasteiger partial charge in [0, 0.05) is 4.91 Å². The number of azide groups is 1. The summed E-state index contributed by atoms with van der Waals surface area (Å²) in [5, 5.41) is 3.39. The van der Waals surface area contributed by atoms with Crippen LogP contribution in [0, 0.1) is 0 Å². The summed E-state index contributed by atoms with van der Waals surface area (Å²) in [7, 11) is 0. The van der Waals surface area contributed by atoms with Gasteiger partial charge in [-0.25, -0.2) is 0 Å². The minimum atomic E-state index is -0.344. The van der Waals surface area contributed by atoms with E-state index in [2.05, 4.69) is 16.6 Å². The fourth-order valence-electron chi connectivity index (χ4n) is 0.470. The zero-order valence-electron chi connectivity index (χ0n) is 6.03. The maximum absolute atomic E-state index is 8.02. The molecule has 0 aliphatic rings. The number of hydrogen-bond donors (Lipinski definition) is 0. The number of rotatable bonds is 5. The molecule has 0 N–H and O–H groups in total. The van der Waals surface area contributed by atoms with Crippen molar-refractivity contribution >= 4 is 0 Å². The molecule has 0 bridgehead atoms. The molecule has 0 fully saturated rings. The predicted octanol–water partition coefficient (Wildman–Crippen LogP) is 2.24. The quantitative estimate of drug-likeness (QED) is 0.250. The van der Waals surface area contributed by atoms with Gasteiger partial charge in [0.05, 0.1) is 6.61 Å². The summed E-state index contributed by atoms with van der Waals surface area (Å²) < 4.78 is 5.04. The van der Waals surface area contributed by atoms with Crippen LogP contribution in [0.2, 0.25) is 0 Å². The minimum absolute atomic E-state index is 0.344. The topological polar surface area (TPSA) is 58.0 Å². The van der Waals surface area contributed by atoms with E-state index >= 15 is 0 Å². The van der Waals surface area contributed by atoms with E-state index in [1.165, 1.54) is 0 Å². The first kappa shape index (κ1) is 9.01. The molecule has 0 aromatic heterocycles. The first-order chi connectivity index (χ1) is 4.85. The molecule has 0 saturated heterocycles. The second-order valence-electron chi connectivity index (χ2n) is 1.69. The SMILES string of the molecule is C=CCOC(CC)N=[N+]=[N-]. The Kier molecular flexibility index (Phi) is 5.53. The Balaban J connectivity index is 3.59. The molecule has 0 aliphatic heterocycles. The van der Waals surface area contributed by atoms with E-state index in [-0.39, 0.29) is 6.23 Å². The zero-order chi connectivity index (χ0) is 7.82. The molecule has 56 valence electrons. The van der Waals surface area contributed by atoms with E-state index in [9.17, 15) is 0 Å². The predicted molar refractivity (Wildman–Crippen MR) is 39.4 cm³/mol. The third-order valence-electron chi connectivity index (χ3n) is 0.936. The van der Waals surface area contributed by atoms with Gasteiger partial charge in [-0.2, -0.15) is 0 Å². The molecule has 4 heteroatoms. The number of hydrogen-bond acceptors (Lipinski definition) is 2. The second kappa shape index (κ2) is 6.13. The highest BCUT2D eigenvalue weighted by Gasteiger charge is 1.99. The van der Waals surface area contributed by atoms with Gasteiger partial charge < -0.3 is 4.74 Å². The minimum Gasteiger partial charge on any atom is -0.368 e. The van der Waals surface area contributed by atoms with Crippen molar-refractivity contribution in [3.63, 3.8) is 0 Å². The molecular formula is C6H11N3O. The molecule has 0 aliphatic carbocycles. The summed E-state index contributed by atoms with van der Waals surface area (Å²) in [5.74, 6) is 0. The van der Waals surface area contributed by atoms with Crippen molar-refractivity contribution in [1.82, 2.24) is 0 Å². The number of nitrogens with zero attached hydrogens (tertiary/aromatic N) is 3. The van der Waals surface area contributed by atoms with Crippen molar-refractivity contribution < 1.29 is 4.74 Å². The molecule has 0 aromatic carbocycles. The largest absolute Gasteiger partial charge is 0.368 e. The zero-order valence-corrected chi connectivity index (χ0v) is 6.03. The van der Waals surface area contributed by atoms with Crippen molar-refractivity contribution in [2.45, 2.75) is 19.6 Å². The maximum Gasteiger partial charge on any atom is 0.136 e. The molecular weight excluding hydrogens is 130 g/mol. The lowest BCUT2D eigenvalue weighted by Gasteiger charge is -2.06. The Morgan fingerprint density at radius 1 is 1.90 bits per heavy atom. The summed E-state index contributed by atoms with van der Waals surface area (Å²) in [6.07, 6.45) is 1.97. The normalized spacial score (nSPS) is 11.7. The lowest BCUT2D eigenvalue weighted by molar-refractivity contribution is 0.0770. The Morgan fingerprint density at radius 3 is 3.00 bits per heavy atom. The van der Waals surface area contributed by atoms with Gasteiger partial charge >= 0.3 is 0 Å². The molecule has 0 amide bonds. The highest BCUT2D eigenvalue weighted by Crippen LogP contribution is 1.98. The van der Waals surface area contributed by atoms with E-state index in [1.54, 1.807) is 6.08 Å². The molecule has 0 rings (SSSR count).